The summed E-state index contributed by atoms with van der Waals surface area (Å²) < 4.78 is 118. The standard InChI is InChI=1S/C24H26F6O5S/c1-36(31,32)35-12-9-18-8-11-34-22(21(18)17-5-3-2-4-6-17)33-10-7-16-13-19(23(25,26)27)15-20(14-16)24(28,29)30/h2-6,13-15,18,21-22H,7-12H2,1H3. The topological polar surface area (TPSA) is 61.8 Å². The number of hydrogen-bond donors (Lipinski definition) is 0. The molecule has 1 saturated heterocycles. The Kier molecular flexibility index (Phi) is 9.07. The van der Waals surface area contributed by atoms with E-state index >= 15 is 0 Å². The smallest absolute Gasteiger partial charge is 0.352 e. The van der Waals surface area contributed by atoms with Crippen molar-refractivity contribution in [2.75, 3.05) is 26.1 Å². The molecule has 3 rings (SSSR count). The van der Waals surface area contributed by atoms with Crippen molar-refractivity contribution in [1.82, 2.24) is 0 Å². The molecular weight excluding hydrogens is 514 g/mol. The van der Waals surface area contributed by atoms with Crippen LogP contribution in [0.3, 0.4) is 0 Å². The highest BCUT2D eigenvalue weighted by Crippen LogP contribution is 2.39. The lowest BCUT2D eigenvalue weighted by molar-refractivity contribution is -0.188. The van der Waals surface area contributed by atoms with Crippen molar-refractivity contribution in [1.29, 1.82) is 0 Å². The molecule has 0 spiro atoms. The minimum absolute atomic E-state index is 0.0377. The average molecular weight is 541 g/mol. The van der Waals surface area contributed by atoms with E-state index < -0.39 is 39.9 Å². The zero-order chi connectivity index (χ0) is 26.6. The average Bonchev–Trinajstić information content (AvgIpc) is 2.77. The molecule has 3 unspecified atom stereocenters. The van der Waals surface area contributed by atoms with Crippen molar-refractivity contribution in [3.05, 3.63) is 70.8 Å². The van der Waals surface area contributed by atoms with Gasteiger partial charge in [-0.1, -0.05) is 30.3 Å². The molecule has 36 heavy (non-hydrogen) atoms. The van der Waals surface area contributed by atoms with E-state index in [9.17, 15) is 34.8 Å². The molecule has 5 nitrogen and oxygen atoms in total. The van der Waals surface area contributed by atoms with Crippen LogP contribution in [0.4, 0.5) is 26.3 Å². The van der Waals surface area contributed by atoms with E-state index in [-0.39, 0.29) is 43.1 Å². The molecule has 3 atom stereocenters. The van der Waals surface area contributed by atoms with Gasteiger partial charge in [-0.15, -0.1) is 0 Å². The van der Waals surface area contributed by atoms with Crippen LogP contribution in [0.25, 0.3) is 0 Å². The van der Waals surface area contributed by atoms with Gasteiger partial charge in [0.25, 0.3) is 10.1 Å². The molecule has 1 fully saturated rings. The maximum atomic E-state index is 13.1. The molecule has 200 valence electrons. The van der Waals surface area contributed by atoms with Gasteiger partial charge in [-0.25, -0.2) is 0 Å². The van der Waals surface area contributed by atoms with E-state index in [2.05, 4.69) is 0 Å². The zero-order valence-corrected chi connectivity index (χ0v) is 20.1. The molecule has 12 heteroatoms. The Morgan fingerprint density at radius 3 is 2.11 bits per heavy atom. The van der Waals surface area contributed by atoms with Crippen LogP contribution in [-0.4, -0.2) is 40.8 Å². The lowest BCUT2D eigenvalue weighted by Gasteiger charge is -2.38. The fraction of sp³-hybridized carbons (Fsp3) is 0.500. The summed E-state index contributed by atoms with van der Waals surface area (Å²) >= 11 is 0. The molecule has 0 bridgehead atoms. The van der Waals surface area contributed by atoms with E-state index in [1.807, 2.05) is 30.3 Å². The molecule has 2 aromatic carbocycles. The number of rotatable bonds is 9. The number of benzene rings is 2. The molecule has 0 aliphatic carbocycles. The third kappa shape index (κ3) is 8.19. The first-order valence-electron chi connectivity index (χ1n) is 11.1. The SMILES string of the molecule is CS(=O)(=O)OCCC1CCOC(OCCc2cc(C(F)(F)F)cc(C(F)(F)F)c2)C1c1ccccc1. The van der Waals surface area contributed by atoms with Crippen molar-refractivity contribution in [2.24, 2.45) is 5.92 Å². The van der Waals surface area contributed by atoms with Gasteiger partial charge in [0.05, 0.1) is 37.2 Å². The van der Waals surface area contributed by atoms with Crippen LogP contribution < -0.4 is 0 Å². The van der Waals surface area contributed by atoms with Gasteiger partial charge in [-0.05, 0) is 54.5 Å². The molecule has 0 radical (unpaired) electrons. The summed E-state index contributed by atoms with van der Waals surface area (Å²) in [5, 5.41) is 0. The van der Waals surface area contributed by atoms with Gasteiger partial charge in [0.2, 0.25) is 0 Å². The van der Waals surface area contributed by atoms with E-state index in [1.54, 1.807) is 0 Å². The first kappa shape index (κ1) is 28.4. The van der Waals surface area contributed by atoms with Crippen molar-refractivity contribution >= 4 is 10.1 Å². The first-order valence-corrected chi connectivity index (χ1v) is 13.0. The summed E-state index contributed by atoms with van der Waals surface area (Å²) in [6, 6.07) is 10.6. The maximum Gasteiger partial charge on any atom is 0.416 e. The second-order valence-corrected chi connectivity index (χ2v) is 10.2. The third-order valence-electron chi connectivity index (χ3n) is 5.86. The minimum Gasteiger partial charge on any atom is -0.352 e. The van der Waals surface area contributed by atoms with Crippen LogP contribution in [0.2, 0.25) is 0 Å². The van der Waals surface area contributed by atoms with Gasteiger partial charge in [0.1, 0.15) is 0 Å². The molecule has 1 aliphatic rings. The molecular formula is C24H26F6O5S. The van der Waals surface area contributed by atoms with E-state index in [1.165, 1.54) is 0 Å². The van der Waals surface area contributed by atoms with Crippen LogP contribution in [0.5, 0.6) is 0 Å². The Morgan fingerprint density at radius 1 is 0.944 bits per heavy atom. The van der Waals surface area contributed by atoms with Crippen molar-refractivity contribution < 1.29 is 48.4 Å². The molecule has 0 amide bonds. The van der Waals surface area contributed by atoms with Gasteiger partial charge in [-0.2, -0.15) is 34.8 Å². The lowest BCUT2D eigenvalue weighted by atomic mass is 9.80. The van der Waals surface area contributed by atoms with Gasteiger partial charge < -0.3 is 9.47 Å². The Labute approximate surface area is 205 Å². The molecule has 0 aromatic heterocycles. The van der Waals surface area contributed by atoms with E-state index in [4.69, 9.17) is 13.7 Å². The third-order valence-corrected chi connectivity index (χ3v) is 6.46. The summed E-state index contributed by atoms with van der Waals surface area (Å²) in [7, 11) is -3.62. The Balaban J connectivity index is 1.75. The Morgan fingerprint density at radius 2 is 1.56 bits per heavy atom. The second kappa shape index (κ2) is 11.5. The number of alkyl halides is 6. The van der Waals surface area contributed by atoms with E-state index in [0.717, 1.165) is 11.8 Å². The van der Waals surface area contributed by atoms with Crippen molar-refractivity contribution in [3.63, 3.8) is 0 Å². The summed E-state index contributed by atoms with van der Waals surface area (Å²) in [6.45, 7) is 0.0719. The summed E-state index contributed by atoms with van der Waals surface area (Å²) in [5.41, 5.74) is -2.07. The van der Waals surface area contributed by atoms with Crippen molar-refractivity contribution in [2.45, 2.75) is 43.8 Å². The van der Waals surface area contributed by atoms with Crippen molar-refractivity contribution in [3.8, 4) is 0 Å². The molecule has 2 aromatic rings. The summed E-state index contributed by atoms with van der Waals surface area (Å²) in [6.07, 6.45) is -8.94. The molecule has 0 N–H and O–H groups in total. The predicted octanol–water partition coefficient (Wildman–Crippen LogP) is 5.80. The number of hydrogen-bond acceptors (Lipinski definition) is 5. The van der Waals surface area contributed by atoms with Crippen LogP contribution in [0.1, 0.15) is 41.0 Å². The minimum atomic E-state index is -4.93. The zero-order valence-electron chi connectivity index (χ0n) is 19.3. The number of ether oxygens (including phenoxy) is 2. The van der Waals surface area contributed by atoms with Gasteiger partial charge >= 0.3 is 12.4 Å². The van der Waals surface area contributed by atoms with Gasteiger partial charge in [0, 0.05) is 5.92 Å². The fourth-order valence-corrected chi connectivity index (χ4v) is 4.63. The van der Waals surface area contributed by atoms with E-state index in [0.29, 0.717) is 31.6 Å². The highest BCUT2D eigenvalue weighted by atomic mass is 32.2. The van der Waals surface area contributed by atoms with Crippen LogP contribution in [-0.2, 0) is 42.5 Å². The highest BCUT2D eigenvalue weighted by molar-refractivity contribution is 7.85. The summed E-state index contributed by atoms with van der Waals surface area (Å²) in [4.78, 5) is 0. The Hall–Kier alpha value is -2.15. The maximum absolute atomic E-state index is 13.1. The van der Waals surface area contributed by atoms with Gasteiger partial charge in [0.15, 0.2) is 6.29 Å². The highest BCUT2D eigenvalue weighted by Gasteiger charge is 2.38. The fourth-order valence-electron chi connectivity index (χ4n) is 4.23. The largest absolute Gasteiger partial charge is 0.416 e. The monoisotopic (exact) mass is 540 g/mol. The molecule has 1 aliphatic heterocycles. The summed E-state index contributed by atoms with van der Waals surface area (Å²) in [5.74, 6) is -0.423. The first-order chi connectivity index (χ1) is 16.7. The second-order valence-electron chi connectivity index (χ2n) is 8.57. The van der Waals surface area contributed by atoms with Gasteiger partial charge in [-0.3, -0.25) is 4.18 Å². The number of halogens is 6. The van der Waals surface area contributed by atoms with Crippen LogP contribution in [0.15, 0.2) is 48.5 Å². The molecule has 0 saturated carbocycles. The normalized spacial score (nSPS) is 21.5. The molecule has 1 heterocycles. The lowest BCUT2D eigenvalue weighted by Crippen LogP contribution is -2.37. The Bertz CT molecular complexity index is 1070. The van der Waals surface area contributed by atoms with Crippen LogP contribution in [0, 0.1) is 5.92 Å². The quantitative estimate of drug-likeness (QED) is 0.298. The predicted molar refractivity (Wildman–Crippen MR) is 119 cm³/mol. The van der Waals surface area contributed by atoms with Crippen LogP contribution >= 0.6 is 0 Å².